The van der Waals surface area contributed by atoms with Crippen molar-refractivity contribution >= 4 is 17.8 Å². The number of amides is 2. The van der Waals surface area contributed by atoms with E-state index in [0.29, 0.717) is 12.8 Å². The zero-order valence-electron chi connectivity index (χ0n) is 12.4. The molecule has 1 saturated carbocycles. The molecule has 0 heterocycles. The van der Waals surface area contributed by atoms with Gasteiger partial charge in [0.15, 0.2) is 0 Å². The summed E-state index contributed by atoms with van der Waals surface area (Å²) < 4.78 is 27.7. The minimum absolute atomic E-state index is 0.299. The Labute approximate surface area is 130 Å². The Kier molecular flexibility index (Phi) is 4.63. The number of benzene rings is 1. The van der Waals surface area contributed by atoms with Gasteiger partial charge in [0.05, 0.1) is 12.5 Å². The van der Waals surface area contributed by atoms with E-state index in [1.54, 1.807) is 0 Å². The molecule has 0 spiro atoms. The summed E-state index contributed by atoms with van der Waals surface area (Å²) in [5.74, 6) is -4.21. The third-order valence-corrected chi connectivity index (χ3v) is 3.65. The number of nitrogens with one attached hydrogen (secondary N) is 2. The highest BCUT2D eigenvalue weighted by Gasteiger charge is 2.51. The topological polar surface area (TPSA) is 95.5 Å². The lowest BCUT2D eigenvalue weighted by Crippen LogP contribution is -2.44. The van der Waals surface area contributed by atoms with Gasteiger partial charge in [-0.3, -0.25) is 9.59 Å². The molecule has 1 aliphatic rings. The van der Waals surface area contributed by atoms with Crippen LogP contribution in [0.2, 0.25) is 0 Å². The van der Waals surface area contributed by atoms with Crippen LogP contribution in [0.3, 0.4) is 0 Å². The number of hydrogen-bond acceptors (Lipinski definition) is 3. The number of aliphatic carboxylic acids is 1. The largest absolute Gasteiger partial charge is 0.480 e. The molecule has 0 aromatic heterocycles. The summed E-state index contributed by atoms with van der Waals surface area (Å²) in [4.78, 5) is 34.3. The van der Waals surface area contributed by atoms with E-state index in [2.05, 4.69) is 10.6 Å². The Morgan fingerprint density at radius 2 is 1.83 bits per heavy atom. The van der Waals surface area contributed by atoms with Gasteiger partial charge in [-0.15, -0.1) is 0 Å². The normalized spacial score (nSPS) is 16.3. The van der Waals surface area contributed by atoms with Crippen LogP contribution in [0.5, 0.6) is 0 Å². The van der Waals surface area contributed by atoms with E-state index >= 15 is 0 Å². The maximum atomic E-state index is 13.9. The Hall–Kier alpha value is -2.51. The van der Waals surface area contributed by atoms with E-state index in [9.17, 15) is 23.2 Å². The minimum atomic E-state index is -1.30. The van der Waals surface area contributed by atoms with Gasteiger partial charge < -0.3 is 15.7 Å². The summed E-state index contributed by atoms with van der Waals surface area (Å²) in [7, 11) is 0. The third kappa shape index (κ3) is 3.82. The molecule has 8 heteroatoms. The molecule has 1 aromatic rings. The third-order valence-electron chi connectivity index (χ3n) is 3.65. The average Bonchev–Trinajstić information content (AvgIpc) is 3.18. The molecular weight excluding hydrogens is 310 g/mol. The monoisotopic (exact) mass is 326 g/mol. The van der Waals surface area contributed by atoms with Crippen LogP contribution in [-0.2, 0) is 14.4 Å². The van der Waals surface area contributed by atoms with E-state index in [1.165, 1.54) is 6.07 Å². The fraction of sp³-hybridized carbons (Fsp3) is 0.400. The fourth-order valence-corrected chi connectivity index (χ4v) is 2.33. The standard InChI is InChI=1S/C15H16F2N2O4/c1-8(20)18-11(13-9(16)3-2-4-10(13)17)7-12(21)19-15(5-6-15)14(22)23/h2-4,11H,5-7H2,1H3,(H,18,20)(H,19,21)(H,22,23)/t11-/m0/s1. The van der Waals surface area contributed by atoms with Crippen molar-refractivity contribution in [1.29, 1.82) is 0 Å². The number of carboxylic acids is 1. The maximum Gasteiger partial charge on any atom is 0.329 e. The van der Waals surface area contributed by atoms with E-state index in [1.807, 2.05) is 0 Å². The van der Waals surface area contributed by atoms with Gasteiger partial charge in [0.1, 0.15) is 17.2 Å². The Morgan fingerprint density at radius 3 is 2.26 bits per heavy atom. The van der Waals surface area contributed by atoms with Gasteiger partial charge in [-0.1, -0.05) is 6.07 Å². The quantitative estimate of drug-likeness (QED) is 0.733. The van der Waals surface area contributed by atoms with Crippen molar-refractivity contribution in [2.45, 2.75) is 37.8 Å². The molecule has 0 aliphatic heterocycles. The predicted molar refractivity (Wildman–Crippen MR) is 75.3 cm³/mol. The first kappa shape index (κ1) is 16.9. The summed E-state index contributed by atoms with van der Waals surface area (Å²) in [5, 5.41) is 13.7. The summed E-state index contributed by atoms with van der Waals surface area (Å²) in [6.45, 7) is 1.16. The van der Waals surface area contributed by atoms with Gasteiger partial charge in [0, 0.05) is 12.5 Å². The van der Waals surface area contributed by atoms with Crippen LogP contribution in [0.1, 0.15) is 37.8 Å². The number of halogens is 2. The van der Waals surface area contributed by atoms with Gasteiger partial charge in [-0.05, 0) is 25.0 Å². The molecule has 2 amide bonds. The second-order valence-corrected chi connectivity index (χ2v) is 5.53. The average molecular weight is 326 g/mol. The molecule has 0 radical (unpaired) electrons. The van der Waals surface area contributed by atoms with E-state index in [-0.39, 0.29) is 0 Å². The highest BCUT2D eigenvalue weighted by Crippen LogP contribution is 2.36. The minimum Gasteiger partial charge on any atom is -0.480 e. The smallest absolute Gasteiger partial charge is 0.329 e. The van der Waals surface area contributed by atoms with Gasteiger partial charge in [-0.25, -0.2) is 13.6 Å². The molecule has 2 rings (SSSR count). The molecule has 124 valence electrons. The van der Waals surface area contributed by atoms with Gasteiger partial charge in [-0.2, -0.15) is 0 Å². The lowest BCUT2D eigenvalue weighted by Gasteiger charge is -2.20. The SMILES string of the molecule is CC(=O)N[C@@H](CC(=O)NC1(C(=O)O)CC1)c1c(F)cccc1F. The molecule has 1 atom stereocenters. The second-order valence-electron chi connectivity index (χ2n) is 5.53. The molecule has 1 aliphatic carbocycles. The molecule has 23 heavy (non-hydrogen) atoms. The molecular formula is C15H16F2N2O4. The molecule has 0 bridgehead atoms. The molecule has 1 aromatic carbocycles. The number of hydrogen-bond donors (Lipinski definition) is 3. The number of carbonyl (C=O) groups excluding carboxylic acids is 2. The maximum absolute atomic E-state index is 13.9. The number of rotatable bonds is 6. The Balaban J connectivity index is 2.18. The molecule has 0 unspecified atom stereocenters. The van der Waals surface area contributed by atoms with Gasteiger partial charge in [0.2, 0.25) is 11.8 Å². The van der Waals surface area contributed by atoms with Gasteiger partial charge in [0.25, 0.3) is 0 Å². The molecule has 0 saturated heterocycles. The van der Waals surface area contributed by atoms with Crippen LogP contribution in [0.25, 0.3) is 0 Å². The zero-order chi connectivity index (χ0) is 17.2. The number of carboxylic acid groups (broad SMARTS) is 1. The molecule has 1 fully saturated rings. The highest BCUT2D eigenvalue weighted by molar-refractivity contribution is 5.90. The fourth-order valence-electron chi connectivity index (χ4n) is 2.33. The summed E-state index contributed by atoms with van der Waals surface area (Å²) >= 11 is 0. The Bertz CT molecular complexity index is 639. The van der Waals surface area contributed by atoms with Crippen LogP contribution < -0.4 is 10.6 Å². The number of carbonyl (C=O) groups is 3. The van der Waals surface area contributed by atoms with Crippen molar-refractivity contribution in [3.63, 3.8) is 0 Å². The van der Waals surface area contributed by atoms with Crippen LogP contribution in [0.4, 0.5) is 8.78 Å². The van der Waals surface area contributed by atoms with Gasteiger partial charge >= 0.3 is 5.97 Å². The van der Waals surface area contributed by atoms with Crippen LogP contribution >= 0.6 is 0 Å². The van der Waals surface area contributed by atoms with Crippen molar-refractivity contribution < 1.29 is 28.3 Å². The zero-order valence-corrected chi connectivity index (χ0v) is 12.4. The lowest BCUT2D eigenvalue weighted by atomic mass is 10.0. The molecule has 3 N–H and O–H groups in total. The van der Waals surface area contributed by atoms with Crippen molar-refractivity contribution in [3.05, 3.63) is 35.4 Å². The first-order chi connectivity index (χ1) is 10.7. The summed E-state index contributed by atoms with van der Waals surface area (Å²) in [6.07, 6.45) is 0.131. The first-order valence-corrected chi connectivity index (χ1v) is 7.00. The molecule has 6 nitrogen and oxygen atoms in total. The second kappa shape index (κ2) is 6.31. The highest BCUT2D eigenvalue weighted by atomic mass is 19.1. The van der Waals surface area contributed by atoms with Crippen LogP contribution in [0, 0.1) is 11.6 Å². The predicted octanol–water partition coefficient (Wildman–Crippen LogP) is 1.27. The van der Waals surface area contributed by atoms with Crippen molar-refractivity contribution in [2.24, 2.45) is 0 Å². The van der Waals surface area contributed by atoms with Crippen LogP contribution in [0.15, 0.2) is 18.2 Å². The van der Waals surface area contributed by atoms with E-state index < -0.39 is 53.0 Å². The van der Waals surface area contributed by atoms with Crippen molar-refractivity contribution in [2.75, 3.05) is 0 Å². The summed E-state index contributed by atoms with van der Waals surface area (Å²) in [5.41, 5.74) is -1.73. The van der Waals surface area contributed by atoms with E-state index in [4.69, 9.17) is 5.11 Å². The first-order valence-electron chi connectivity index (χ1n) is 7.00. The van der Waals surface area contributed by atoms with E-state index in [0.717, 1.165) is 19.1 Å². The lowest BCUT2D eigenvalue weighted by molar-refractivity contribution is -0.143. The van der Waals surface area contributed by atoms with Crippen molar-refractivity contribution in [1.82, 2.24) is 10.6 Å². The Morgan fingerprint density at radius 1 is 1.26 bits per heavy atom. The van der Waals surface area contributed by atoms with Crippen molar-refractivity contribution in [3.8, 4) is 0 Å². The summed E-state index contributed by atoms with van der Waals surface area (Å²) in [6, 6.07) is 1.98. The van der Waals surface area contributed by atoms with Crippen LogP contribution in [-0.4, -0.2) is 28.4 Å².